The number of carbonyl (C=O) groups is 2. The Morgan fingerprint density at radius 1 is 1.50 bits per heavy atom. The van der Waals surface area contributed by atoms with Crippen molar-refractivity contribution in [1.82, 2.24) is 0 Å². The molecular weight excluding hydrogens is 313 g/mol. The standard InChI is InChI=1S/C15H11ClFNO4/c16-8-5-7(1-2-9(8)17)18-6-15-4-3-10(22-15)11(14(20)21)12(15)13(18)19/h1-5,10-12H,6H2,(H,20,21)/t10-,11-,12+,15+/m0/s1. The molecule has 1 aromatic rings. The summed E-state index contributed by atoms with van der Waals surface area (Å²) in [6.07, 6.45) is 2.90. The molecule has 114 valence electrons. The minimum atomic E-state index is -1.05. The lowest BCUT2D eigenvalue weighted by Gasteiger charge is -2.21. The fourth-order valence-corrected chi connectivity index (χ4v) is 3.83. The number of ether oxygens (including phenoxy) is 1. The summed E-state index contributed by atoms with van der Waals surface area (Å²) in [5.74, 6) is -3.60. The molecule has 3 aliphatic rings. The maximum absolute atomic E-state index is 13.3. The molecule has 5 nitrogen and oxygen atoms in total. The van der Waals surface area contributed by atoms with Crippen molar-refractivity contribution >= 4 is 29.2 Å². The molecular formula is C15H11ClFNO4. The normalized spacial score (nSPS) is 35.3. The van der Waals surface area contributed by atoms with Gasteiger partial charge in [0.25, 0.3) is 0 Å². The minimum absolute atomic E-state index is 0.0876. The van der Waals surface area contributed by atoms with Gasteiger partial charge in [-0.2, -0.15) is 0 Å². The average Bonchev–Trinajstić information content (AvgIpc) is 3.10. The van der Waals surface area contributed by atoms with Gasteiger partial charge in [-0.05, 0) is 18.2 Å². The molecule has 0 aromatic heterocycles. The Morgan fingerprint density at radius 3 is 2.95 bits per heavy atom. The van der Waals surface area contributed by atoms with E-state index in [4.69, 9.17) is 16.3 Å². The van der Waals surface area contributed by atoms with Crippen LogP contribution in [0.3, 0.4) is 0 Å². The van der Waals surface area contributed by atoms with Crippen LogP contribution < -0.4 is 4.90 Å². The van der Waals surface area contributed by atoms with Crippen molar-refractivity contribution in [3.8, 4) is 0 Å². The minimum Gasteiger partial charge on any atom is -0.481 e. The second kappa shape index (κ2) is 4.30. The van der Waals surface area contributed by atoms with Crippen molar-refractivity contribution in [3.05, 3.63) is 41.2 Å². The van der Waals surface area contributed by atoms with Gasteiger partial charge in [0.05, 0.1) is 23.6 Å². The highest BCUT2D eigenvalue weighted by Gasteiger charge is 2.67. The van der Waals surface area contributed by atoms with Gasteiger partial charge in [-0.3, -0.25) is 9.59 Å². The van der Waals surface area contributed by atoms with Crippen LogP contribution in [0.1, 0.15) is 0 Å². The van der Waals surface area contributed by atoms with Crippen molar-refractivity contribution in [3.63, 3.8) is 0 Å². The summed E-state index contributed by atoms with van der Waals surface area (Å²) >= 11 is 5.76. The molecule has 0 radical (unpaired) electrons. The summed E-state index contributed by atoms with van der Waals surface area (Å²) in [5.41, 5.74) is -0.476. The monoisotopic (exact) mass is 323 g/mol. The summed E-state index contributed by atoms with van der Waals surface area (Å²) in [5, 5.41) is 9.29. The van der Waals surface area contributed by atoms with Crippen LogP contribution in [0.25, 0.3) is 0 Å². The number of carboxylic acids is 1. The summed E-state index contributed by atoms with van der Waals surface area (Å²) in [7, 11) is 0. The Hall–Kier alpha value is -1.92. The Kier molecular flexibility index (Phi) is 2.68. The van der Waals surface area contributed by atoms with Gasteiger partial charge in [0.1, 0.15) is 17.3 Å². The molecule has 2 bridgehead atoms. The molecule has 1 spiro atoms. The first kappa shape index (κ1) is 13.7. The molecule has 2 fully saturated rings. The molecule has 1 N–H and O–H groups in total. The van der Waals surface area contributed by atoms with Crippen molar-refractivity contribution in [1.29, 1.82) is 0 Å². The highest BCUT2D eigenvalue weighted by Crippen LogP contribution is 2.52. The Morgan fingerprint density at radius 2 is 2.27 bits per heavy atom. The molecule has 1 aromatic carbocycles. The lowest BCUT2D eigenvalue weighted by molar-refractivity contribution is -0.146. The zero-order chi connectivity index (χ0) is 15.6. The average molecular weight is 324 g/mol. The first-order chi connectivity index (χ1) is 10.4. The number of anilines is 1. The van der Waals surface area contributed by atoms with Gasteiger partial charge < -0.3 is 14.7 Å². The van der Waals surface area contributed by atoms with Crippen LogP contribution in [-0.2, 0) is 14.3 Å². The van der Waals surface area contributed by atoms with Gasteiger partial charge in [0, 0.05) is 5.69 Å². The first-order valence-electron chi connectivity index (χ1n) is 6.79. The molecule has 7 heteroatoms. The van der Waals surface area contributed by atoms with Crippen molar-refractivity contribution in [2.75, 3.05) is 11.4 Å². The van der Waals surface area contributed by atoms with E-state index in [9.17, 15) is 19.1 Å². The van der Waals surface area contributed by atoms with Gasteiger partial charge in [0.15, 0.2) is 0 Å². The van der Waals surface area contributed by atoms with Crippen molar-refractivity contribution in [2.24, 2.45) is 11.8 Å². The lowest BCUT2D eigenvalue weighted by Crippen LogP contribution is -2.39. The number of nitrogens with zero attached hydrogens (tertiary/aromatic N) is 1. The molecule has 0 aliphatic carbocycles. The Bertz CT molecular complexity index is 736. The summed E-state index contributed by atoms with van der Waals surface area (Å²) in [6, 6.07) is 3.99. The largest absolute Gasteiger partial charge is 0.481 e. The number of amides is 1. The molecule has 0 unspecified atom stereocenters. The van der Waals surface area contributed by atoms with E-state index in [-0.39, 0.29) is 17.5 Å². The predicted molar refractivity (Wildman–Crippen MR) is 75.1 cm³/mol. The van der Waals surface area contributed by atoms with Crippen LogP contribution in [0.2, 0.25) is 5.02 Å². The number of fused-ring (bicyclic) bond motifs is 1. The summed E-state index contributed by atoms with van der Waals surface area (Å²) in [6.45, 7) is 0.204. The topological polar surface area (TPSA) is 66.8 Å². The number of aliphatic carboxylic acids is 1. The van der Waals surface area contributed by atoms with E-state index in [2.05, 4.69) is 0 Å². The highest BCUT2D eigenvalue weighted by atomic mass is 35.5. The van der Waals surface area contributed by atoms with E-state index in [1.165, 1.54) is 23.1 Å². The molecule has 1 amide bonds. The number of carbonyl (C=O) groups excluding carboxylic acids is 1. The smallest absolute Gasteiger partial charge is 0.310 e. The maximum atomic E-state index is 13.3. The van der Waals surface area contributed by atoms with Crippen LogP contribution in [0.15, 0.2) is 30.4 Å². The molecule has 3 aliphatic heterocycles. The SMILES string of the molecule is O=C(O)[C@H]1[C@@H]2C=C[C@]3(CN(c4ccc(F)c(Cl)c4)C(=O)[C@@H]13)O2. The second-order valence-electron chi connectivity index (χ2n) is 5.76. The number of hydrogen-bond donors (Lipinski definition) is 1. The molecule has 3 heterocycles. The number of hydrogen-bond acceptors (Lipinski definition) is 3. The van der Waals surface area contributed by atoms with Crippen LogP contribution in [-0.4, -0.2) is 35.2 Å². The Labute approximate surface area is 129 Å². The van der Waals surface area contributed by atoms with E-state index in [0.717, 1.165) is 0 Å². The third kappa shape index (κ3) is 1.62. The second-order valence-corrected chi connectivity index (χ2v) is 6.17. The van der Waals surface area contributed by atoms with Crippen LogP contribution >= 0.6 is 11.6 Å². The van der Waals surface area contributed by atoms with Gasteiger partial charge in [-0.25, -0.2) is 4.39 Å². The van der Waals surface area contributed by atoms with Gasteiger partial charge in [-0.1, -0.05) is 23.8 Å². The quantitative estimate of drug-likeness (QED) is 0.844. The molecule has 0 saturated carbocycles. The third-order valence-electron chi connectivity index (χ3n) is 4.60. The van der Waals surface area contributed by atoms with Gasteiger partial charge in [0.2, 0.25) is 5.91 Å². The fraction of sp³-hybridized carbons (Fsp3) is 0.333. The van der Waals surface area contributed by atoms with Crippen LogP contribution in [0.5, 0.6) is 0 Å². The molecule has 4 atom stereocenters. The predicted octanol–water partition coefficient (Wildman–Crippen LogP) is 1.85. The summed E-state index contributed by atoms with van der Waals surface area (Å²) < 4.78 is 19.1. The van der Waals surface area contributed by atoms with E-state index < -0.39 is 35.3 Å². The lowest BCUT2D eigenvalue weighted by atomic mass is 9.77. The summed E-state index contributed by atoms with van der Waals surface area (Å²) in [4.78, 5) is 25.6. The van der Waals surface area contributed by atoms with Gasteiger partial charge in [-0.15, -0.1) is 0 Å². The van der Waals surface area contributed by atoms with Gasteiger partial charge >= 0.3 is 5.97 Å². The van der Waals surface area contributed by atoms with Crippen molar-refractivity contribution < 1.29 is 23.8 Å². The van der Waals surface area contributed by atoms with E-state index >= 15 is 0 Å². The zero-order valence-corrected chi connectivity index (χ0v) is 12.0. The molecule has 2 saturated heterocycles. The molecule has 22 heavy (non-hydrogen) atoms. The molecule has 4 rings (SSSR count). The highest BCUT2D eigenvalue weighted by molar-refractivity contribution is 6.31. The zero-order valence-electron chi connectivity index (χ0n) is 11.2. The Balaban J connectivity index is 1.74. The number of halogens is 2. The first-order valence-corrected chi connectivity index (χ1v) is 7.17. The number of rotatable bonds is 2. The van der Waals surface area contributed by atoms with E-state index in [1.54, 1.807) is 12.2 Å². The van der Waals surface area contributed by atoms with Crippen LogP contribution in [0.4, 0.5) is 10.1 Å². The van der Waals surface area contributed by atoms with Crippen molar-refractivity contribution in [2.45, 2.75) is 11.7 Å². The van der Waals surface area contributed by atoms with E-state index in [0.29, 0.717) is 5.69 Å². The van der Waals surface area contributed by atoms with Crippen LogP contribution in [0, 0.1) is 17.7 Å². The number of benzene rings is 1. The number of carboxylic acid groups (broad SMARTS) is 1. The van der Waals surface area contributed by atoms with E-state index in [1.807, 2.05) is 0 Å². The maximum Gasteiger partial charge on any atom is 0.310 e. The fourth-order valence-electron chi connectivity index (χ4n) is 3.65. The third-order valence-corrected chi connectivity index (χ3v) is 4.89.